The molecule has 32 heavy (non-hydrogen) atoms. The summed E-state index contributed by atoms with van der Waals surface area (Å²) in [6, 6.07) is 25.5. The molecular weight excluding hydrogens is 394 g/mol. The normalized spacial score (nSPS) is 15.3. The number of pyridine rings is 1. The fraction of sp³-hybridized carbons (Fsp3) is 0.333. The quantitative estimate of drug-likeness (QED) is 0.528. The number of piperazine rings is 1. The molecule has 5 nitrogen and oxygen atoms in total. The lowest BCUT2D eigenvalue weighted by molar-refractivity contribution is 0.133. The average Bonchev–Trinajstić information content (AvgIpc) is 2.88. The summed E-state index contributed by atoms with van der Waals surface area (Å²) in [5.74, 6) is 0. The van der Waals surface area contributed by atoms with Crippen LogP contribution < -0.4 is 5.73 Å². The zero-order valence-corrected chi connectivity index (χ0v) is 18.7. The molecule has 1 aliphatic rings. The van der Waals surface area contributed by atoms with Crippen molar-refractivity contribution in [3.8, 4) is 0 Å². The largest absolute Gasteiger partial charge is 0.329 e. The van der Waals surface area contributed by atoms with Gasteiger partial charge < -0.3 is 5.73 Å². The predicted molar refractivity (Wildman–Crippen MR) is 132 cm³/mol. The molecule has 1 saturated heterocycles. The minimum Gasteiger partial charge on any atom is -0.329 e. The highest BCUT2D eigenvalue weighted by Gasteiger charge is 2.32. The van der Waals surface area contributed by atoms with Crippen LogP contribution in [-0.4, -0.2) is 60.4 Å². The number of hydrogen-bond acceptors (Lipinski definition) is 5. The van der Waals surface area contributed by atoms with Gasteiger partial charge in [0.25, 0.3) is 0 Å². The Balaban J connectivity index is 1.34. The molecule has 2 N–H and O–H groups in total. The summed E-state index contributed by atoms with van der Waals surface area (Å²) < 4.78 is 0. The van der Waals surface area contributed by atoms with Crippen LogP contribution in [0.1, 0.15) is 29.5 Å². The fourth-order valence-corrected chi connectivity index (χ4v) is 4.59. The third-order valence-electron chi connectivity index (χ3n) is 6.48. The number of hydrogen-bond donors (Lipinski definition) is 1. The number of benzene rings is 2. The van der Waals surface area contributed by atoms with E-state index in [0.717, 1.165) is 51.1 Å². The lowest BCUT2D eigenvalue weighted by atomic mass is 9.71. The van der Waals surface area contributed by atoms with E-state index in [0.29, 0.717) is 6.54 Å². The van der Waals surface area contributed by atoms with Crippen LogP contribution in [0.2, 0.25) is 0 Å². The standard InChI is InChI=1S/C27H33N5/c28-23-27(25-10-3-1-4-11-25,26-12-5-2-6-13-26)14-8-16-31-17-19-32(20-18-31)30-22-24-9-7-15-29-21-24/h1-7,9-13,15,21-22H,8,14,16-20,23,28H2. The third-order valence-corrected chi connectivity index (χ3v) is 6.48. The van der Waals surface area contributed by atoms with E-state index in [4.69, 9.17) is 5.73 Å². The third kappa shape index (κ3) is 5.42. The van der Waals surface area contributed by atoms with Gasteiger partial charge in [0, 0.05) is 56.1 Å². The van der Waals surface area contributed by atoms with Crippen molar-refractivity contribution in [2.75, 3.05) is 39.3 Å². The van der Waals surface area contributed by atoms with Gasteiger partial charge in [0.15, 0.2) is 0 Å². The van der Waals surface area contributed by atoms with Gasteiger partial charge in [-0.2, -0.15) is 5.10 Å². The van der Waals surface area contributed by atoms with Gasteiger partial charge in [0.1, 0.15) is 0 Å². The Morgan fingerprint density at radius 2 is 1.53 bits per heavy atom. The lowest BCUT2D eigenvalue weighted by Gasteiger charge is -2.36. The van der Waals surface area contributed by atoms with Crippen LogP contribution in [0.25, 0.3) is 0 Å². The Morgan fingerprint density at radius 1 is 0.875 bits per heavy atom. The zero-order chi connectivity index (χ0) is 22.1. The molecule has 1 aliphatic heterocycles. The summed E-state index contributed by atoms with van der Waals surface area (Å²) in [6.45, 7) is 5.68. The Bertz CT molecular complexity index is 912. The molecule has 4 rings (SSSR count). The second-order valence-electron chi connectivity index (χ2n) is 8.45. The van der Waals surface area contributed by atoms with Gasteiger partial charge in [0.05, 0.1) is 6.21 Å². The van der Waals surface area contributed by atoms with Crippen LogP contribution in [0.15, 0.2) is 90.3 Å². The first kappa shape index (κ1) is 22.2. The van der Waals surface area contributed by atoms with Gasteiger partial charge in [-0.25, -0.2) is 0 Å². The summed E-state index contributed by atoms with van der Waals surface area (Å²) >= 11 is 0. The summed E-state index contributed by atoms with van der Waals surface area (Å²) in [7, 11) is 0. The first-order valence-electron chi connectivity index (χ1n) is 11.5. The van der Waals surface area contributed by atoms with Crippen LogP contribution in [0.4, 0.5) is 0 Å². The topological polar surface area (TPSA) is 57.8 Å². The molecule has 0 saturated carbocycles. The van der Waals surface area contributed by atoms with E-state index in [1.54, 1.807) is 6.20 Å². The van der Waals surface area contributed by atoms with Gasteiger partial charge >= 0.3 is 0 Å². The molecule has 1 aromatic heterocycles. The molecule has 0 amide bonds. The van der Waals surface area contributed by atoms with Gasteiger partial charge in [-0.3, -0.25) is 14.9 Å². The number of nitrogens with two attached hydrogens (primary N) is 1. The van der Waals surface area contributed by atoms with E-state index in [9.17, 15) is 0 Å². The number of rotatable bonds is 9. The number of nitrogens with zero attached hydrogens (tertiary/aromatic N) is 4. The molecule has 0 spiro atoms. The SMILES string of the molecule is NCC(CCCN1CCN(N=Cc2cccnc2)CC1)(c1ccccc1)c1ccccc1. The molecule has 0 bridgehead atoms. The van der Waals surface area contributed by atoms with E-state index in [2.05, 4.69) is 80.7 Å². The zero-order valence-electron chi connectivity index (χ0n) is 18.7. The van der Waals surface area contributed by atoms with Gasteiger partial charge in [-0.05, 0) is 36.6 Å². The highest BCUT2D eigenvalue weighted by molar-refractivity contribution is 5.78. The molecule has 5 heteroatoms. The predicted octanol–water partition coefficient (Wildman–Crippen LogP) is 3.76. The summed E-state index contributed by atoms with van der Waals surface area (Å²) in [6.07, 6.45) is 7.67. The minimum absolute atomic E-state index is 0.141. The first-order chi connectivity index (χ1) is 15.8. The molecule has 2 aromatic carbocycles. The second kappa shape index (κ2) is 11.0. The van der Waals surface area contributed by atoms with Crippen molar-refractivity contribution in [3.63, 3.8) is 0 Å². The molecular formula is C27H33N5. The Kier molecular flexibility index (Phi) is 7.64. The molecule has 2 heterocycles. The molecule has 3 aromatic rings. The fourth-order valence-electron chi connectivity index (χ4n) is 4.59. The first-order valence-corrected chi connectivity index (χ1v) is 11.5. The van der Waals surface area contributed by atoms with E-state index in [1.165, 1.54) is 11.1 Å². The van der Waals surface area contributed by atoms with E-state index in [-0.39, 0.29) is 5.41 Å². The Morgan fingerprint density at radius 3 is 2.09 bits per heavy atom. The van der Waals surface area contributed by atoms with Crippen LogP contribution in [-0.2, 0) is 5.41 Å². The summed E-state index contributed by atoms with van der Waals surface area (Å²) in [5, 5.41) is 6.78. The van der Waals surface area contributed by atoms with E-state index < -0.39 is 0 Å². The Hall–Kier alpha value is -3.02. The maximum Gasteiger partial charge on any atom is 0.0558 e. The van der Waals surface area contributed by atoms with Crippen molar-refractivity contribution in [2.24, 2.45) is 10.8 Å². The van der Waals surface area contributed by atoms with Crippen molar-refractivity contribution in [3.05, 3.63) is 102 Å². The maximum absolute atomic E-state index is 6.45. The van der Waals surface area contributed by atoms with Crippen molar-refractivity contribution < 1.29 is 0 Å². The molecule has 0 atom stereocenters. The Labute approximate surface area is 191 Å². The summed E-state index contributed by atoms with van der Waals surface area (Å²) in [4.78, 5) is 6.69. The van der Waals surface area contributed by atoms with Crippen LogP contribution >= 0.6 is 0 Å². The monoisotopic (exact) mass is 427 g/mol. The van der Waals surface area contributed by atoms with Gasteiger partial charge in [-0.1, -0.05) is 66.7 Å². The number of hydrazone groups is 1. The van der Waals surface area contributed by atoms with Crippen molar-refractivity contribution in [1.29, 1.82) is 0 Å². The lowest BCUT2D eigenvalue weighted by Crippen LogP contribution is -2.45. The van der Waals surface area contributed by atoms with Gasteiger partial charge in [-0.15, -0.1) is 0 Å². The molecule has 0 radical (unpaired) electrons. The molecule has 0 aliphatic carbocycles. The maximum atomic E-state index is 6.45. The highest BCUT2D eigenvalue weighted by atomic mass is 15.5. The number of aromatic nitrogens is 1. The van der Waals surface area contributed by atoms with Crippen LogP contribution in [0.5, 0.6) is 0 Å². The second-order valence-corrected chi connectivity index (χ2v) is 8.45. The van der Waals surface area contributed by atoms with Gasteiger partial charge in [0.2, 0.25) is 0 Å². The summed E-state index contributed by atoms with van der Waals surface area (Å²) in [5.41, 5.74) is 9.96. The van der Waals surface area contributed by atoms with Crippen molar-refractivity contribution in [2.45, 2.75) is 18.3 Å². The van der Waals surface area contributed by atoms with E-state index >= 15 is 0 Å². The minimum atomic E-state index is -0.141. The average molecular weight is 428 g/mol. The van der Waals surface area contributed by atoms with E-state index in [1.807, 2.05) is 24.5 Å². The molecule has 1 fully saturated rings. The van der Waals surface area contributed by atoms with Crippen LogP contribution in [0.3, 0.4) is 0 Å². The highest BCUT2D eigenvalue weighted by Crippen LogP contribution is 2.36. The van der Waals surface area contributed by atoms with Crippen molar-refractivity contribution in [1.82, 2.24) is 14.9 Å². The molecule has 166 valence electrons. The van der Waals surface area contributed by atoms with Crippen molar-refractivity contribution >= 4 is 6.21 Å². The smallest absolute Gasteiger partial charge is 0.0558 e. The van der Waals surface area contributed by atoms with Crippen LogP contribution in [0, 0.1) is 0 Å². The molecule has 0 unspecified atom stereocenters.